The van der Waals surface area contributed by atoms with Gasteiger partial charge in [-0.25, -0.2) is 4.39 Å². The van der Waals surface area contributed by atoms with Crippen molar-refractivity contribution in [2.45, 2.75) is 25.3 Å². The lowest BCUT2D eigenvalue weighted by molar-refractivity contribution is 0.584. The summed E-state index contributed by atoms with van der Waals surface area (Å²) in [7, 11) is 0. The van der Waals surface area contributed by atoms with Crippen LogP contribution in [0.5, 0.6) is 0 Å². The SMILES string of the molecule is Nc1c(N2CCCC2Cc2c(F)cccc2Cl)c(=O)c1=O. The molecular weight excluding hydrogens is 295 g/mol. The Labute approximate surface area is 125 Å². The fraction of sp³-hybridized carbons (Fsp3) is 0.333. The number of nitrogens with zero attached hydrogens (tertiary/aromatic N) is 1. The Morgan fingerprint density at radius 3 is 2.76 bits per heavy atom. The molecule has 21 heavy (non-hydrogen) atoms. The number of nitrogen functional groups attached to an aromatic ring is 1. The molecule has 4 nitrogen and oxygen atoms in total. The van der Waals surface area contributed by atoms with Crippen LogP contribution in [0.25, 0.3) is 0 Å². The van der Waals surface area contributed by atoms with Gasteiger partial charge in [0.2, 0.25) is 0 Å². The third-order valence-electron chi connectivity index (χ3n) is 4.09. The van der Waals surface area contributed by atoms with Crippen molar-refractivity contribution in [3.05, 3.63) is 55.0 Å². The highest BCUT2D eigenvalue weighted by Crippen LogP contribution is 2.31. The molecule has 1 unspecified atom stereocenters. The van der Waals surface area contributed by atoms with Crippen LogP contribution in [0.1, 0.15) is 18.4 Å². The predicted octanol–water partition coefficient (Wildman–Crippen LogP) is 1.87. The van der Waals surface area contributed by atoms with Crippen LogP contribution in [0.4, 0.5) is 15.8 Å². The molecule has 2 N–H and O–H groups in total. The van der Waals surface area contributed by atoms with E-state index in [0.717, 1.165) is 12.8 Å². The first-order chi connectivity index (χ1) is 10.0. The fourth-order valence-electron chi connectivity index (χ4n) is 2.99. The molecule has 1 aliphatic heterocycles. The van der Waals surface area contributed by atoms with Crippen molar-refractivity contribution in [2.75, 3.05) is 17.2 Å². The van der Waals surface area contributed by atoms with Crippen molar-refractivity contribution in [2.24, 2.45) is 0 Å². The number of benzene rings is 1. The van der Waals surface area contributed by atoms with Crippen LogP contribution < -0.4 is 21.5 Å². The first-order valence-electron chi connectivity index (χ1n) is 6.79. The quantitative estimate of drug-likeness (QED) is 0.879. The standard InChI is InChI=1S/C15H14ClFN2O2/c16-10-4-1-5-11(17)9(10)7-8-3-2-6-19(8)13-12(18)14(20)15(13)21/h1,4-5,8H,2-3,6-7,18H2. The third kappa shape index (κ3) is 2.21. The van der Waals surface area contributed by atoms with E-state index in [1.54, 1.807) is 12.1 Å². The zero-order valence-electron chi connectivity index (χ0n) is 11.2. The van der Waals surface area contributed by atoms with Gasteiger partial charge < -0.3 is 10.6 Å². The fourth-order valence-corrected chi connectivity index (χ4v) is 3.23. The smallest absolute Gasteiger partial charge is 0.253 e. The third-order valence-corrected chi connectivity index (χ3v) is 4.44. The van der Waals surface area contributed by atoms with Crippen LogP contribution in [0, 0.1) is 5.82 Å². The van der Waals surface area contributed by atoms with E-state index in [4.69, 9.17) is 17.3 Å². The Bertz CT molecular complexity index is 747. The van der Waals surface area contributed by atoms with E-state index in [1.807, 2.05) is 4.90 Å². The number of anilines is 2. The highest BCUT2D eigenvalue weighted by molar-refractivity contribution is 6.31. The highest BCUT2D eigenvalue weighted by atomic mass is 35.5. The van der Waals surface area contributed by atoms with Crippen LogP contribution in [-0.4, -0.2) is 12.6 Å². The molecule has 0 saturated carbocycles. The number of rotatable bonds is 3. The van der Waals surface area contributed by atoms with Gasteiger partial charge in [0, 0.05) is 23.2 Å². The number of hydrogen-bond acceptors (Lipinski definition) is 4. The van der Waals surface area contributed by atoms with E-state index in [2.05, 4.69) is 0 Å². The molecule has 0 spiro atoms. The highest BCUT2D eigenvalue weighted by Gasteiger charge is 2.33. The molecule has 1 aliphatic rings. The Kier molecular flexibility index (Phi) is 3.45. The summed E-state index contributed by atoms with van der Waals surface area (Å²) >= 11 is 6.05. The van der Waals surface area contributed by atoms with Gasteiger partial charge in [-0.2, -0.15) is 0 Å². The minimum atomic E-state index is -0.625. The monoisotopic (exact) mass is 308 g/mol. The molecule has 110 valence electrons. The molecule has 6 heteroatoms. The van der Waals surface area contributed by atoms with Crippen LogP contribution in [0.15, 0.2) is 27.8 Å². The average molecular weight is 309 g/mol. The molecule has 0 radical (unpaired) electrons. The number of halogens is 2. The molecule has 2 aromatic rings. The first kappa shape index (κ1) is 14.1. The van der Waals surface area contributed by atoms with E-state index in [0.29, 0.717) is 23.6 Å². The zero-order chi connectivity index (χ0) is 15.1. The molecule has 0 amide bonds. The summed E-state index contributed by atoms with van der Waals surface area (Å²) in [6.45, 7) is 0.645. The second kappa shape index (κ2) is 5.15. The topological polar surface area (TPSA) is 63.4 Å². The summed E-state index contributed by atoms with van der Waals surface area (Å²) in [5.74, 6) is -0.354. The van der Waals surface area contributed by atoms with Gasteiger partial charge in [-0.15, -0.1) is 0 Å². The molecule has 1 heterocycles. The molecule has 3 rings (SSSR count). The van der Waals surface area contributed by atoms with Crippen molar-refractivity contribution >= 4 is 23.0 Å². The average Bonchev–Trinajstić information content (AvgIpc) is 2.90. The molecule has 0 aromatic heterocycles. The van der Waals surface area contributed by atoms with Crippen molar-refractivity contribution in [3.8, 4) is 0 Å². The molecule has 0 bridgehead atoms. The molecule has 1 atom stereocenters. The maximum absolute atomic E-state index is 13.9. The van der Waals surface area contributed by atoms with Crippen LogP contribution in [0.3, 0.4) is 0 Å². The van der Waals surface area contributed by atoms with Crippen LogP contribution >= 0.6 is 11.6 Å². The zero-order valence-corrected chi connectivity index (χ0v) is 12.0. The van der Waals surface area contributed by atoms with Crippen LogP contribution in [-0.2, 0) is 6.42 Å². The molecule has 2 aromatic carbocycles. The van der Waals surface area contributed by atoms with Crippen molar-refractivity contribution < 1.29 is 4.39 Å². The van der Waals surface area contributed by atoms with E-state index in [1.165, 1.54) is 6.07 Å². The lowest BCUT2D eigenvalue weighted by Crippen LogP contribution is -2.45. The maximum Gasteiger partial charge on any atom is 0.253 e. The molecule has 1 saturated heterocycles. The normalized spacial score (nSPS) is 18.6. The van der Waals surface area contributed by atoms with Crippen LogP contribution in [0.2, 0.25) is 5.02 Å². The van der Waals surface area contributed by atoms with Gasteiger partial charge in [0.1, 0.15) is 17.2 Å². The van der Waals surface area contributed by atoms with Gasteiger partial charge in [0.25, 0.3) is 10.9 Å². The Morgan fingerprint density at radius 2 is 2.10 bits per heavy atom. The Morgan fingerprint density at radius 1 is 1.33 bits per heavy atom. The Hall–Kier alpha value is -1.88. The second-order valence-electron chi connectivity index (χ2n) is 5.31. The molecular formula is C15H14ClFN2O2. The summed E-state index contributed by atoms with van der Waals surface area (Å²) in [6.07, 6.45) is 2.07. The van der Waals surface area contributed by atoms with E-state index < -0.39 is 10.9 Å². The largest absolute Gasteiger partial charge is 0.394 e. The van der Waals surface area contributed by atoms with E-state index in [9.17, 15) is 14.0 Å². The summed E-state index contributed by atoms with van der Waals surface area (Å²) in [4.78, 5) is 24.7. The summed E-state index contributed by atoms with van der Waals surface area (Å²) in [6, 6.07) is 4.50. The van der Waals surface area contributed by atoms with Crippen molar-refractivity contribution in [3.63, 3.8) is 0 Å². The van der Waals surface area contributed by atoms with E-state index in [-0.39, 0.29) is 23.2 Å². The first-order valence-corrected chi connectivity index (χ1v) is 7.16. The van der Waals surface area contributed by atoms with Gasteiger partial charge >= 0.3 is 0 Å². The minimum absolute atomic E-state index is 0.0199. The van der Waals surface area contributed by atoms with Gasteiger partial charge in [0.15, 0.2) is 0 Å². The maximum atomic E-state index is 13.9. The lowest BCUT2D eigenvalue weighted by atomic mass is 10.0. The molecule has 1 fully saturated rings. The Balaban J connectivity index is 1.89. The van der Waals surface area contributed by atoms with Crippen molar-refractivity contribution in [1.29, 1.82) is 0 Å². The van der Waals surface area contributed by atoms with Gasteiger partial charge in [-0.05, 0) is 31.4 Å². The number of hydrogen-bond donors (Lipinski definition) is 1. The van der Waals surface area contributed by atoms with Crippen molar-refractivity contribution in [1.82, 2.24) is 0 Å². The lowest BCUT2D eigenvalue weighted by Gasteiger charge is -2.28. The minimum Gasteiger partial charge on any atom is -0.394 e. The van der Waals surface area contributed by atoms with Gasteiger partial charge in [-0.1, -0.05) is 17.7 Å². The summed E-state index contributed by atoms with van der Waals surface area (Å²) in [5, 5.41) is 0.375. The second-order valence-corrected chi connectivity index (χ2v) is 5.72. The molecule has 0 aliphatic carbocycles. The summed E-state index contributed by atoms with van der Waals surface area (Å²) in [5.41, 5.74) is 5.20. The van der Waals surface area contributed by atoms with Gasteiger partial charge in [0.05, 0.1) is 0 Å². The number of nitrogens with two attached hydrogens (primary N) is 1. The predicted molar refractivity (Wildman–Crippen MR) is 81.2 cm³/mol. The van der Waals surface area contributed by atoms with E-state index >= 15 is 0 Å². The summed E-state index contributed by atoms with van der Waals surface area (Å²) < 4.78 is 13.9. The van der Waals surface area contributed by atoms with Gasteiger partial charge in [-0.3, -0.25) is 9.59 Å².